The van der Waals surface area contributed by atoms with Gasteiger partial charge in [-0.2, -0.15) is 0 Å². The van der Waals surface area contributed by atoms with Crippen LogP contribution in [0.15, 0.2) is 46.7 Å². The van der Waals surface area contributed by atoms with E-state index in [-0.39, 0.29) is 0 Å². The van der Waals surface area contributed by atoms with Gasteiger partial charge in [0, 0.05) is 23.8 Å². The third-order valence-electron chi connectivity index (χ3n) is 2.70. The van der Waals surface area contributed by atoms with Crippen molar-refractivity contribution < 1.29 is 0 Å². The fourth-order valence-corrected chi connectivity index (χ4v) is 2.60. The molecule has 0 radical (unpaired) electrons. The molecule has 0 spiro atoms. The van der Waals surface area contributed by atoms with Crippen molar-refractivity contribution in [2.45, 2.75) is 36.9 Å². The van der Waals surface area contributed by atoms with Crippen molar-refractivity contribution >= 4 is 11.8 Å². The maximum Gasteiger partial charge on any atom is 0.192 e. The van der Waals surface area contributed by atoms with Gasteiger partial charge in [0.1, 0.15) is 0 Å². The van der Waals surface area contributed by atoms with Crippen LogP contribution in [-0.4, -0.2) is 16.5 Å². The summed E-state index contributed by atoms with van der Waals surface area (Å²) in [4.78, 5) is 9.75. The first-order valence-electron chi connectivity index (χ1n) is 6.54. The topological polar surface area (TPSA) is 37.8 Å². The van der Waals surface area contributed by atoms with Gasteiger partial charge in [0.25, 0.3) is 0 Å². The molecular formula is C15H19N3S. The van der Waals surface area contributed by atoms with Crippen LogP contribution in [0, 0.1) is 6.92 Å². The summed E-state index contributed by atoms with van der Waals surface area (Å²) in [6.45, 7) is 6.23. The predicted molar refractivity (Wildman–Crippen MR) is 79.3 cm³/mol. The summed E-state index contributed by atoms with van der Waals surface area (Å²) in [6.07, 6.45) is 4.70. The molecule has 0 aliphatic rings. The number of benzene rings is 1. The van der Waals surface area contributed by atoms with Gasteiger partial charge < -0.3 is 5.32 Å². The zero-order valence-electron chi connectivity index (χ0n) is 11.4. The number of hydrogen-bond acceptors (Lipinski definition) is 4. The number of rotatable bonds is 6. The normalized spacial score (nSPS) is 10.6. The number of aromatic nitrogens is 2. The molecule has 0 saturated heterocycles. The standard InChI is InChI=1S/C15H19N3S/c1-3-7-16-11-13-10-12(2)5-6-14(13)19-15-17-8-4-9-18-15/h4-6,8-10,16H,3,7,11H2,1-2H3. The molecular weight excluding hydrogens is 254 g/mol. The number of hydrogen-bond donors (Lipinski definition) is 1. The van der Waals surface area contributed by atoms with Crippen LogP contribution in [0.5, 0.6) is 0 Å². The average Bonchev–Trinajstić information content (AvgIpc) is 2.43. The highest BCUT2D eigenvalue weighted by Crippen LogP contribution is 2.28. The lowest BCUT2D eigenvalue weighted by Crippen LogP contribution is -2.14. The Morgan fingerprint density at radius 3 is 2.74 bits per heavy atom. The van der Waals surface area contributed by atoms with Crippen molar-refractivity contribution in [2.24, 2.45) is 0 Å². The van der Waals surface area contributed by atoms with Crippen molar-refractivity contribution in [2.75, 3.05) is 6.54 Å². The average molecular weight is 273 g/mol. The maximum absolute atomic E-state index is 4.27. The zero-order valence-corrected chi connectivity index (χ0v) is 12.2. The molecule has 0 aliphatic heterocycles. The van der Waals surface area contributed by atoms with Gasteiger partial charge in [0.15, 0.2) is 5.16 Å². The van der Waals surface area contributed by atoms with E-state index in [9.17, 15) is 0 Å². The molecule has 0 bridgehead atoms. The highest BCUT2D eigenvalue weighted by atomic mass is 32.2. The van der Waals surface area contributed by atoms with Crippen LogP contribution in [0.4, 0.5) is 0 Å². The second-order valence-corrected chi connectivity index (χ2v) is 5.43. The van der Waals surface area contributed by atoms with Crippen LogP contribution in [0.2, 0.25) is 0 Å². The van der Waals surface area contributed by atoms with Gasteiger partial charge in [-0.1, -0.05) is 24.6 Å². The number of aryl methyl sites for hydroxylation is 1. The molecule has 3 nitrogen and oxygen atoms in total. The van der Waals surface area contributed by atoms with Crippen molar-refractivity contribution in [1.82, 2.24) is 15.3 Å². The molecule has 0 aliphatic carbocycles. The summed E-state index contributed by atoms with van der Waals surface area (Å²) in [6, 6.07) is 8.35. The molecule has 0 unspecified atom stereocenters. The summed E-state index contributed by atoms with van der Waals surface area (Å²) in [5, 5.41) is 4.25. The first-order valence-corrected chi connectivity index (χ1v) is 7.36. The smallest absolute Gasteiger partial charge is 0.192 e. The molecule has 2 aromatic rings. The summed E-state index contributed by atoms with van der Waals surface area (Å²) in [7, 11) is 0. The summed E-state index contributed by atoms with van der Waals surface area (Å²) >= 11 is 1.62. The van der Waals surface area contributed by atoms with Crippen molar-refractivity contribution in [1.29, 1.82) is 0 Å². The predicted octanol–water partition coefficient (Wildman–Crippen LogP) is 3.44. The van der Waals surface area contributed by atoms with Crippen molar-refractivity contribution in [3.63, 3.8) is 0 Å². The minimum atomic E-state index is 0.795. The van der Waals surface area contributed by atoms with E-state index in [1.807, 2.05) is 6.07 Å². The van der Waals surface area contributed by atoms with E-state index in [0.29, 0.717) is 0 Å². The minimum Gasteiger partial charge on any atom is -0.313 e. The molecule has 1 aromatic heterocycles. The van der Waals surface area contributed by atoms with Gasteiger partial charge in [-0.15, -0.1) is 0 Å². The Balaban J connectivity index is 2.14. The van der Waals surface area contributed by atoms with E-state index in [1.54, 1.807) is 24.2 Å². The molecule has 100 valence electrons. The molecule has 0 amide bonds. The van der Waals surface area contributed by atoms with E-state index in [2.05, 4.69) is 47.3 Å². The van der Waals surface area contributed by atoms with Gasteiger partial charge in [-0.25, -0.2) is 9.97 Å². The van der Waals surface area contributed by atoms with E-state index in [1.165, 1.54) is 16.0 Å². The Hall–Kier alpha value is -1.39. The Morgan fingerprint density at radius 2 is 2.00 bits per heavy atom. The lowest BCUT2D eigenvalue weighted by molar-refractivity contribution is 0.669. The molecule has 0 fully saturated rings. The molecule has 4 heteroatoms. The highest BCUT2D eigenvalue weighted by Gasteiger charge is 2.06. The largest absolute Gasteiger partial charge is 0.313 e. The van der Waals surface area contributed by atoms with E-state index in [4.69, 9.17) is 0 Å². The fraction of sp³-hybridized carbons (Fsp3) is 0.333. The Morgan fingerprint density at radius 1 is 1.21 bits per heavy atom. The first-order chi connectivity index (χ1) is 9.29. The second kappa shape index (κ2) is 7.26. The zero-order chi connectivity index (χ0) is 13.5. The highest BCUT2D eigenvalue weighted by molar-refractivity contribution is 7.99. The van der Waals surface area contributed by atoms with Crippen LogP contribution in [0.1, 0.15) is 24.5 Å². The Labute approximate surface area is 118 Å². The molecule has 1 heterocycles. The van der Waals surface area contributed by atoms with Crippen LogP contribution in [-0.2, 0) is 6.54 Å². The van der Waals surface area contributed by atoms with E-state index >= 15 is 0 Å². The third kappa shape index (κ3) is 4.33. The summed E-state index contributed by atoms with van der Waals surface area (Å²) in [5.74, 6) is 0. The van der Waals surface area contributed by atoms with Crippen LogP contribution in [0.25, 0.3) is 0 Å². The summed E-state index contributed by atoms with van der Waals surface area (Å²) in [5.41, 5.74) is 2.59. The van der Waals surface area contributed by atoms with Crippen molar-refractivity contribution in [3.05, 3.63) is 47.8 Å². The lowest BCUT2D eigenvalue weighted by Gasteiger charge is -2.10. The molecule has 2 rings (SSSR count). The van der Waals surface area contributed by atoms with E-state index in [0.717, 1.165) is 24.7 Å². The van der Waals surface area contributed by atoms with Crippen LogP contribution >= 0.6 is 11.8 Å². The Bertz CT molecular complexity index is 514. The number of nitrogens with zero attached hydrogens (tertiary/aromatic N) is 2. The molecule has 0 saturated carbocycles. The quantitative estimate of drug-likeness (QED) is 0.646. The third-order valence-corrected chi connectivity index (χ3v) is 3.71. The van der Waals surface area contributed by atoms with Crippen molar-refractivity contribution in [3.8, 4) is 0 Å². The van der Waals surface area contributed by atoms with Crippen LogP contribution < -0.4 is 5.32 Å². The monoisotopic (exact) mass is 273 g/mol. The van der Waals surface area contributed by atoms with Gasteiger partial charge in [0.05, 0.1) is 0 Å². The Kier molecular flexibility index (Phi) is 5.36. The van der Waals surface area contributed by atoms with Gasteiger partial charge in [-0.05, 0) is 49.3 Å². The lowest BCUT2D eigenvalue weighted by atomic mass is 10.1. The fourth-order valence-electron chi connectivity index (χ4n) is 1.78. The SMILES string of the molecule is CCCNCc1cc(C)ccc1Sc1ncccn1. The number of nitrogens with one attached hydrogen (secondary N) is 1. The second-order valence-electron chi connectivity index (χ2n) is 4.42. The first kappa shape index (κ1) is 14.0. The van der Waals surface area contributed by atoms with Gasteiger partial charge in [0.2, 0.25) is 0 Å². The van der Waals surface area contributed by atoms with Gasteiger partial charge in [-0.3, -0.25) is 0 Å². The molecule has 1 aromatic carbocycles. The summed E-state index contributed by atoms with van der Waals surface area (Å²) < 4.78 is 0. The van der Waals surface area contributed by atoms with Gasteiger partial charge >= 0.3 is 0 Å². The minimum absolute atomic E-state index is 0.795. The molecule has 1 N–H and O–H groups in total. The van der Waals surface area contributed by atoms with E-state index < -0.39 is 0 Å². The molecule has 0 atom stereocenters. The molecule has 19 heavy (non-hydrogen) atoms. The maximum atomic E-state index is 4.27. The van der Waals surface area contributed by atoms with Crippen LogP contribution in [0.3, 0.4) is 0 Å².